The van der Waals surface area contributed by atoms with E-state index in [-0.39, 0.29) is 23.8 Å². The van der Waals surface area contributed by atoms with Crippen LogP contribution in [0, 0.1) is 5.41 Å². The number of H-pyrrole nitrogens is 1. The molecule has 1 aliphatic carbocycles. The molecule has 0 saturated heterocycles. The fraction of sp³-hybridized carbons (Fsp3) is 0.778. The second-order valence-corrected chi connectivity index (χ2v) is 4.28. The number of hydrogen-bond acceptors (Lipinski definition) is 5. The van der Waals surface area contributed by atoms with E-state index in [9.17, 15) is 9.90 Å². The van der Waals surface area contributed by atoms with Gasteiger partial charge in [0.25, 0.3) is 11.7 Å². The van der Waals surface area contributed by atoms with Gasteiger partial charge in [0, 0.05) is 12.0 Å². The third-order valence-corrected chi connectivity index (χ3v) is 3.17. The summed E-state index contributed by atoms with van der Waals surface area (Å²) in [6, 6.07) is 0. The van der Waals surface area contributed by atoms with Crippen LogP contribution in [-0.2, 0) is 0 Å². The molecule has 7 nitrogen and oxygen atoms in total. The van der Waals surface area contributed by atoms with Gasteiger partial charge in [-0.1, -0.05) is 12.8 Å². The fourth-order valence-corrected chi connectivity index (χ4v) is 2.12. The average molecular weight is 225 g/mol. The topological polar surface area (TPSA) is 104 Å². The van der Waals surface area contributed by atoms with Crippen molar-refractivity contribution < 1.29 is 9.90 Å². The zero-order valence-electron chi connectivity index (χ0n) is 8.94. The molecule has 1 fully saturated rings. The second-order valence-electron chi connectivity index (χ2n) is 4.28. The van der Waals surface area contributed by atoms with Crippen molar-refractivity contribution in [2.24, 2.45) is 5.41 Å². The minimum absolute atomic E-state index is 0.0334. The van der Waals surface area contributed by atoms with E-state index >= 15 is 0 Å². The van der Waals surface area contributed by atoms with Crippen molar-refractivity contribution in [1.29, 1.82) is 0 Å². The van der Waals surface area contributed by atoms with Gasteiger partial charge in [-0.25, -0.2) is 0 Å². The highest BCUT2D eigenvalue weighted by atomic mass is 16.3. The summed E-state index contributed by atoms with van der Waals surface area (Å²) < 4.78 is 0. The summed E-state index contributed by atoms with van der Waals surface area (Å²) in [7, 11) is 0. The average Bonchev–Trinajstić information content (AvgIpc) is 2.98. The highest BCUT2D eigenvalue weighted by molar-refractivity contribution is 5.90. The van der Waals surface area contributed by atoms with Crippen molar-refractivity contribution in [1.82, 2.24) is 25.9 Å². The van der Waals surface area contributed by atoms with E-state index in [2.05, 4.69) is 25.9 Å². The first-order valence-electron chi connectivity index (χ1n) is 5.38. The lowest BCUT2D eigenvalue weighted by Crippen LogP contribution is -2.38. The van der Waals surface area contributed by atoms with Gasteiger partial charge < -0.3 is 10.4 Å². The van der Waals surface area contributed by atoms with E-state index in [1.165, 1.54) is 0 Å². The highest BCUT2D eigenvalue weighted by Crippen LogP contribution is 2.36. The molecule has 0 unspecified atom stereocenters. The van der Waals surface area contributed by atoms with Crippen LogP contribution >= 0.6 is 0 Å². The Morgan fingerprint density at radius 3 is 2.81 bits per heavy atom. The predicted molar refractivity (Wildman–Crippen MR) is 54.5 cm³/mol. The Bertz CT molecular complexity index is 345. The Labute approximate surface area is 92.6 Å². The van der Waals surface area contributed by atoms with Gasteiger partial charge in [0.15, 0.2) is 0 Å². The van der Waals surface area contributed by atoms with E-state index in [4.69, 9.17) is 0 Å². The first kappa shape index (κ1) is 11.0. The van der Waals surface area contributed by atoms with Crippen LogP contribution in [0.25, 0.3) is 0 Å². The number of amides is 1. The molecule has 1 aromatic rings. The minimum atomic E-state index is -0.353. The van der Waals surface area contributed by atoms with Gasteiger partial charge in [0.1, 0.15) is 0 Å². The molecule has 1 aliphatic rings. The maximum atomic E-state index is 11.5. The third-order valence-electron chi connectivity index (χ3n) is 3.17. The summed E-state index contributed by atoms with van der Waals surface area (Å²) in [5.41, 5.74) is -0.153. The number of carbonyl (C=O) groups is 1. The molecule has 7 heteroatoms. The van der Waals surface area contributed by atoms with E-state index in [1.807, 2.05) is 0 Å². The zero-order valence-corrected chi connectivity index (χ0v) is 8.94. The van der Waals surface area contributed by atoms with Crippen LogP contribution in [0.3, 0.4) is 0 Å². The number of aromatic amines is 1. The lowest BCUT2D eigenvalue weighted by molar-refractivity contribution is 0.0871. The first-order valence-corrected chi connectivity index (χ1v) is 5.38. The smallest absolute Gasteiger partial charge is 0.292 e. The number of tetrazole rings is 1. The molecule has 0 aromatic carbocycles. The monoisotopic (exact) mass is 225 g/mol. The molecule has 88 valence electrons. The number of carbonyl (C=O) groups excluding carboxylic acids is 1. The summed E-state index contributed by atoms with van der Waals surface area (Å²) in [5.74, 6) is -0.320. The maximum Gasteiger partial charge on any atom is 0.292 e. The normalized spacial score (nSPS) is 18.6. The molecule has 16 heavy (non-hydrogen) atoms. The van der Waals surface area contributed by atoms with Gasteiger partial charge in [-0.3, -0.25) is 4.79 Å². The lowest BCUT2D eigenvalue weighted by Gasteiger charge is -2.26. The highest BCUT2D eigenvalue weighted by Gasteiger charge is 2.33. The van der Waals surface area contributed by atoms with Crippen molar-refractivity contribution in [2.75, 3.05) is 13.2 Å². The number of nitrogens with one attached hydrogen (secondary N) is 2. The van der Waals surface area contributed by atoms with E-state index < -0.39 is 0 Å². The van der Waals surface area contributed by atoms with Gasteiger partial charge in [0.05, 0.1) is 6.61 Å². The predicted octanol–water partition coefficient (Wildman–Crippen LogP) is -0.518. The molecule has 0 aliphatic heterocycles. The van der Waals surface area contributed by atoms with Crippen LogP contribution in [0.1, 0.15) is 36.3 Å². The lowest BCUT2D eigenvalue weighted by atomic mass is 9.87. The molecule has 0 radical (unpaired) electrons. The molecule has 1 saturated carbocycles. The summed E-state index contributed by atoms with van der Waals surface area (Å²) in [5, 5.41) is 24.8. The maximum absolute atomic E-state index is 11.5. The fourth-order valence-electron chi connectivity index (χ4n) is 2.12. The Kier molecular flexibility index (Phi) is 3.14. The summed E-state index contributed by atoms with van der Waals surface area (Å²) in [4.78, 5) is 11.5. The molecule has 1 amide bonds. The van der Waals surface area contributed by atoms with Gasteiger partial charge in [0.2, 0.25) is 0 Å². The van der Waals surface area contributed by atoms with Crippen LogP contribution in [-0.4, -0.2) is 44.8 Å². The molecule has 0 atom stereocenters. The van der Waals surface area contributed by atoms with E-state index in [1.54, 1.807) is 0 Å². The molecule has 3 N–H and O–H groups in total. The number of rotatable bonds is 4. The van der Waals surface area contributed by atoms with Crippen LogP contribution in [0.2, 0.25) is 0 Å². The molecule has 1 heterocycles. The second kappa shape index (κ2) is 4.56. The number of aliphatic hydroxyl groups is 1. The van der Waals surface area contributed by atoms with Crippen molar-refractivity contribution in [2.45, 2.75) is 25.7 Å². The van der Waals surface area contributed by atoms with Gasteiger partial charge >= 0.3 is 0 Å². The van der Waals surface area contributed by atoms with Crippen molar-refractivity contribution in [3.05, 3.63) is 5.82 Å². The quantitative estimate of drug-likeness (QED) is 0.639. The Morgan fingerprint density at radius 2 is 2.25 bits per heavy atom. The molecule has 1 aromatic heterocycles. The van der Waals surface area contributed by atoms with E-state index in [0.717, 1.165) is 25.7 Å². The first-order chi connectivity index (χ1) is 7.76. The summed E-state index contributed by atoms with van der Waals surface area (Å²) >= 11 is 0. The molecule has 0 spiro atoms. The summed E-state index contributed by atoms with van der Waals surface area (Å²) in [6.07, 6.45) is 4.13. The van der Waals surface area contributed by atoms with Crippen molar-refractivity contribution in [3.63, 3.8) is 0 Å². The Hall–Kier alpha value is -1.50. The summed E-state index contributed by atoms with van der Waals surface area (Å²) in [6.45, 7) is 0.580. The van der Waals surface area contributed by atoms with Crippen LogP contribution in [0.15, 0.2) is 0 Å². The molecular formula is C9H15N5O2. The van der Waals surface area contributed by atoms with Crippen LogP contribution in [0.5, 0.6) is 0 Å². The Balaban J connectivity index is 1.89. The van der Waals surface area contributed by atoms with Crippen LogP contribution in [0.4, 0.5) is 0 Å². The molecule has 0 bridgehead atoms. The SMILES string of the molecule is O=C(NCC1(CO)CCCC1)c1nn[nH]n1. The van der Waals surface area contributed by atoms with Gasteiger partial charge in [-0.15, -0.1) is 10.2 Å². The minimum Gasteiger partial charge on any atom is -0.396 e. The third kappa shape index (κ3) is 2.19. The van der Waals surface area contributed by atoms with Gasteiger partial charge in [-0.2, -0.15) is 5.21 Å². The molecule has 2 rings (SSSR count). The van der Waals surface area contributed by atoms with Crippen molar-refractivity contribution in [3.8, 4) is 0 Å². The van der Waals surface area contributed by atoms with Crippen LogP contribution < -0.4 is 5.32 Å². The van der Waals surface area contributed by atoms with Gasteiger partial charge in [-0.05, 0) is 18.1 Å². The number of aromatic nitrogens is 4. The van der Waals surface area contributed by atoms with Crippen molar-refractivity contribution >= 4 is 5.91 Å². The number of hydrogen-bond donors (Lipinski definition) is 3. The number of aliphatic hydroxyl groups excluding tert-OH is 1. The van der Waals surface area contributed by atoms with E-state index in [0.29, 0.717) is 6.54 Å². The number of nitrogens with zero attached hydrogens (tertiary/aromatic N) is 3. The molecular weight excluding hydrogens is 210 g/mol. The standard InChI is InChI=1S/C9H15N5O2/c15-6-9(3-1-2-4-9)5-10-8(16)7-11-13-14-12-7/h15H,1-6H2,(H,10,16)(H,11,12,13,14). The largest absolute Gasteiger partial charge is 0.396 e. The zero-order chi connectivity index (χ0) is 11.4. The Morgan fingerprint density at radius 1 is 1.50 bits per heavy atom.